The van der Waals surface area contributed by atoms with Gasteiger partial charge in [0.1, 0.15) is 11.4 Å². The minimum absolute atomic E-state index is 0.143. The van der Waals surface area contributed by atoms with E-state index in [9.17, 15) is 4.79 Å². The highest BCUT2D eigenvalue weighted by Crippen LogP contribution is 2.20. The molecule has 136 valence electrons. The van der Waals surface area contributed by atoms with Gasteiger partial charge in [-0.05, 0) is 48.0 Å². The van der Waals surface area contributed by atoms with Crippen molar-refractivity contribution in [2.24, 2.45) is 5.10 Å². The molecule has 0 saturated carbocycles. The Kier molecular flexibility index (Phi) is 6.01. The summed E-state index contributed by atoms with van der Waals surface area (Å²) in [7, 11) is 1.59. The maximum atomic E-state index is 12.3. The lowest BCUT2D eigenvalue weighted by Crippen LogP contribution is -2.19. The molecule has 3 aromatic rings. The van der Waals surface area contributed by atoms with Crippen LogP contribution < -0.4 is 10.2 Å². The number of aromatic nitrogens is 2. The molecule has 0 aliphatic carbocycles. The molecule has 6 nitrogen and oxygen atoms in total. The molecule has 0 atom stereocenters. The molecule has 8 heteroatoms. The first-order chi connectivity index (χ1) is 13.0. The van der Waals surface area contributed by atoms with Crippen LogP contribution >= 0.6 is 23.2 Å². The van der Waals surface area contributed by atoms with Gasteiger partial charge in [0.15, 0.2) is 0 Å². The molecule has 1 aromatic heterocycles. The van der Waals surface area contributed by atoms with Crippen molar-refractivity contribution in [1.82, 2.24) is 15.4 Å². The highest BCUT2D eigenvalue weighted by atomic mass is 35.5. The number of hydrogen-bond donors (Lipinski definition) is 1. The first-order valence-corrected chi connectivity index (χ1v) is 8.57. The van der Waals surface area contributed by atoms with Gasteiger partial charge in [-0.2, -0.15) is 5.10 Å². The van der Waals surface area contributed by atoms with Gasteiger partial charge in [-0.15, -0.1) is 0 Å². The van der Waals surface area contributed by atoms with Crippen molar-refractivity contribution >= 4 is 35.3 Å². The SMILES string of the molecule is COc1ccc(-c2cncc(C(=O)N/N=C/c3cc(Cl)cc(Cl)c3)n2)cc1. The Morgan fingerprint density at radius 3 is 2.48 bits per heavy atom. The highest BCUT2D eigenvalue weighted by molar-refractivity contribution is 6.35. The van der Waals surface area contributed by atoms with Crippen molar-refractivity contribution in [3.8, 4) is 17.0 Å². The molecular formula is C19H14Cl2N4O2. The fraction of sp³-hybridized carbons (Fsp3) is 0.0526. The summed E-state index contributed by atoms with van der Waals surface area (Å²) in [5, 5.41) is 4.86. The van der Waals surface area contributed by atoms with Gasteiger partial charge in [-0.1, -0.05) is 23.2 Å². The number of nitrogens with zero attached hydrogens (tertiary/aromatic N) is 3. The highest BCUT2D eigenvalue weighted by Gasteiger charge is 2.09. The number of hydrazone groups is 1. The number of carbonyl (C=O) groups excluding carboxylic acids is 1. The summed E-state index contributed by atoms with van der Waals surface area (Å²) in [4.78, 5) is 20.6. The Morgan fingerprint density at radius 1 is 1.11 bits per heavy atom. The van der Waals surface area contributed by atoms with Crippen molar-refractivity contribution in [1.29, 1.82) is 0 Å². The third-order valence-electron chi connectivity index (χ3n) is 3.52. The van der Waals surface area contributed by atoms with E-state index in [2.05, 4.69) is 20.5 Å². The predicted molar refractivity (Wildman–Crippen MR) is 106 cm³/mol. The van der Waals surface area contributed by atoms with E-state index in [1.807, 2.05) is 24.3 Å². The number of hydrogen-bond acceptors (Lipinski definition) is 5. The van der Waals surface area contributed by atoms with E-state index in [0.29, 0.717) is 21.3 Å². The summed E-state index contributed by atoms with van der Waals surface area (Å²) < 4.78 is 5.13. The molecule has 1 heterocycles. The molecule has 0 spiro atoms. The van der Waals surface area contributed by atoms with Crippen molar-refractivity contribution < 1.29 is 9.53 Å². The summed E-state index contributed by atoms with van der Waals surface area (Å²) in [5.74, 6) is 0.248. The van der Waals surface area contributed by atoms with Crippen LogP contribution in [0.2, 0.25) is 10.0 Å². The topological polar surface area (TPSA) is 76.5 Å². The van der Waals surface area contributed by atoms with E-state index < -0.39 is 5.91 Å². The second-order valence-electron chi connectivity index (χ2n) is 5.42. The molecule has 0 aliphatic rings. The zero-order valence-electron chi connectivity index (χ0n) is 14.2. The second-order valence-corrected chi connectivity index (χ2v) is 6.29. The minimum Gasteiger partial charge on any atom is -0.497 e. The Morgan fingerprint density at radius 2 is 1.81 bits per heavy atom. The summed E-state index contributed by atoms with van der Waals surface area (Å²) in [6.07, 6.45) is 4.39. The molecule has 0 fully saturated rings. The summed E-state index contributed by atoms with van der Waals surface area (Å²) in [6.45, 7) is 0. The van der Waals surface area contributed by atoms with Gasteiger partial charge in [-0.25, -0.2) is 10.4 Å². The maximum absolute atomic E-state index is 12.3. The maximum Gasteiger partial charge on any atom is 0.291 e. The van der Waals surface area contributed by atoms with Gasteiger partial charge < -0.3 is 4.74 Å². The van der Waals surface area contributed by atoms with E-state index in [0.717, 1.165) is 11.3 Å². The molecule has 0 saturated heterocycles. The molecule has 27 heavy (non-hydrogen) atoms. The van der Waals surface area contributed by atoms with Crippen LogP contribution in [0, 0.1) is 0 Å². The molecule has 0 radical (unpaired) electrons. The third-order valence-corrected chi connectivity index (χ3v) is 3.95. The molecule has 0 aliphatic heterocycles. The first-order valence-electron chi connectivity index (χ1n) is 7.81. The van der Waals surface area contributed by atoms with Crippen LogP contribution in [0.3, 0.4) is 0 Å². The fourth-order valence-corrected chi connectivity index (χ4v) is 2.79. The third kappa shape index (κ3) is 5.03. The number of amides is 1. The molecule has 0 bridgehead atoms. The second kappa shape index (κ2) is 8.62. The Hall–Kier alpha value is -2.96. The van der Waals surface area contributed by atoms with Crippen LogP contribution in [0.5, 0.6) is 5.75 Å². The number of ether oxygens (including phenoxy) is 1. The number of carbonyl (C=O) groups is 1. The van der Waals surface area contributed by atoms with E-state index in [-0.39, 0.29) is 5.69 Å². The molecule has 0 unspecified atom stereocenters. The van der Waals surface area contributed by atoms with Crippen LogP contribution in [0.4, 0.5) is 0 Å². The minimum atomic E-state index is -0.484. The smallest absolute Gasteiger partial charge is 0.291 e. The summed E-state index contributed by atoms with van der Waals surface area (Å²) >= 11 is 11.8. The lowest BCUT2D eigenvalue weighted by molar-refractivity contribution is 0.0950. The van der Waals surface area contributed by atoms with E-state index in [1.54, 1.807) is 31.5 Å². The lowest BCUT2D eigenvalue weighted by atomic mass is 10.1. The average molecular weight is 401 g/mol. The van der Waals surface area contributed by atoms with Crippen LogP contribution in [0.25, 0.3) is 11.3 Å². The number of halogens is 2. The van der Waals surface area contributed by atoms with Gasteiger partial charge in [-0.3, -0.25) is 9.78 Å². The van der Waals surface area contributed by atoms with Crippen molar-refractivity contribution in [2.75, 3.05) is 7.11 Å². The summed E-state index contributed by atoms with van der Waals surface area (Å²) in [6, 6.07) is 12.3. The largest absolute Gasteiger partial charge is 0.497 e. The van der Waals surface area contributed by atoms with Gasteiger partial charge in [0.25, 0.3) is 5.91 Å². The molecule has 3 rings (SSSR count). The lowest BCUT2D eigenvalue weighted by Gasteiger charge is -2.04. The monoisotopic (exact) mass is 400 g/mol. The van der Waals surface area contributed by atoms with Gasteiger partial charge >= 0.3 is 0 Å². The molecular weight excluding hydrogens is 387 g/mol. The predicted octanol–water partition coefficient (Wildman–Crippen LogP) is 4.22. The zero-order chi connectivity index (χ0) is 19.2. The van der Waals surface area contributed by atoms with E-state index >= 15 is 0 Å². The molecule has 1 N–H and O–H groups in total. The van der Waals surface area contributed by atoms with Gasteiger partial charge in [0.2, 0.25) is 0 Å². The van der Waals surface area contributed by atoms with Gasteiger partial charge in [0, 0.05) is 15.6 Å². The normalized spacial score (nSPS) is 10.8. The fourth-order valence-electron chi connectivity index (χ4n) is 2.25. The van der Waals surface area contributed by atoms with Crippen LogP contribution in [0.1, 0.15) is 16.1 Å². The van der Waals surface area contributed by atoms with E-state index in [4.69, 9.17) is 27.9 Å². The standard InChI is InChI=1S/C19H14Cl2N4O2/c1-27-16-4-2-13(3-5-16)17-10-22-11-18(24-17)19(26)25-23-9-12-6-14(20)8-15(21)7-12/h2-11H,1H3,(H,25,26)/b23-9+. The Bertz CT molecular complexity index is 971. The van der Waals surface area contributed by atoms with Crippen LogP contribution in [-0.2, 0) is 0 Å². The van der Waals surface area contributed by atoms with Crippen LogP contribution in [0.15, 0.2) is 60.0 Å². The Balaban J connectivity index is 1.72. The number of rotatable bonds is 5. The van der Waals surface area contributed by atoms with Crippen molar-refractivity contribution in [3.05, 3.63) is 76.2 Å². The van der Waals surface area contributed by atoms with Gasteiger partial charge in [0.05, 0.1) is 31.4 Å². The summed E-state index contributed by atoms with van der Waals surface area (Å²) in [5.41, 5.74) is 4.59. The van der Waals surface area contributed by atoms with E-state index in [1.165, 1.54) is 12.4 Å². The first kappa shape index (κ1) is 18.8. The average Bonchev–Trinajstić information content (AvgIpc) is 2.67. The zero-order valence-corrected chi connectivity index (χ0v) is 15.7. The van der Waals surface area contributed by atoms with Crippen molar-refractivity contribution in [2.45, 2.75) is 0 Å². The van der Waals surface area contributed by atoms with Crippen molar-refractivity contribution in [3.63, 3.8) is 0 Å². The van der Waals surface area contributed by atoms with Crippen LogP contribution in [-0.4, -0.2) is 29.2 Å². The number of nitrogens with one attached hydrogen (secondary N) is 1. The Labute approximate surface area is 165 Å². The molecule has 1 amide bonds. The number of benzene rings is 2. The molecule has 2 aromatic carbocycles. The number of methoxy groups -OCH3 is 1. The quantitative estimate of drug-likeness (QED) is 0.513.